The summed E-state index contributed by atoms with van der Waals surface area (Å²) in [5.74, 6) is -0.226. The molecule has 1 aromatic heterocycles. The third kappa shape index (κ3) is 3.17. The molecular formula is C18H15NO3. The zero-order valence-corrected chi connectivity index (χ0v) is 11.8. The van der Waals surface area contributed by atoms with Crippen LogP contribution in [0, 0.1) is 0 Å². The minimum Gasteiger partial charge on any atom is -0.489 e. The second-order valence-corrected chi connectivity index (χ2v) is 4.89. The molecule has 0 unspecified atom stereocenters. The average Bonchev–Trinajstić information content (AvgIpc) is 3.05. The summed E-state index contributed by atoms with van der Waals surface area (Å²) in [5, 5.41) is 8.95. The number of benzene rings is 2. The van der Waals surface area contributed by atoms with E-state index in [0.717, 1.165) is 22.6 Å². The lowest BCUT2D eigenvalue weighted by Gasteiger charge is -2.07. The number of carboxylic acid groups (broad SMARTS) is 1. The van der Waals surface area contributed by atoms with E-state index in [9.17, 15) is 4.79 Å². The topological polar surface area (TPSA) is 62.3 Å². The Kier molecular flexibility index (Phi) is 3.92. The van der Waals surface area contributed by atoms with Gasteiger partial charge in [0.2, 0.25) is 0 Å². The summed E-state index contributed by atoms with van der Waals surface area (Å²) < 4.78 is 5.78. The molecule has 0 aliphatic carbocycles. The van der Waals surface area contributed by atoms with Gasteiger partial charge in [0, 0.05) is 11.3 Å². The zero-order chi connectivity index (χ0) is 15.4. The van der Waals surface area contributed by atoms with Gasteiger partial charge in [-0.2, -0.15) is 0 Å². The first-order chi connectivity index (χ1) is 10.7. The van der Waals surface area contributed by atoms with Crippen LogP contribution >= 0.6 is 0 Å². The van der Waals surface area contributed by atoms with Crippen molar-refractivity contribution in [1.29, 1.82) is 0 Å². The lowest BCUT2D eigenvalue weighted by Crippen LogP contribution is -1.96. The van der Waals surface area contributed by atoms with E-state index in [0.29, 0.717) is 6.61 Å². The molecule has 0 radical (unpaired) electrons. The lowest BCUT2D eigenvalue weighted by atomic mass is 10.1. The highest BCUT2D eigenvalue weighted by molar-refractivity contribution is 5.86. The van der Waals surface area contributed by atoms with Gasteiger partial charge in [0.15, 0.2) is 0 Å². The first kappa shape index (κ1) is 13.9. The van der Waals surface area contributed by atoms with E-state index in [4.69, 9.17) is 9.84 Å². The monoisotopic (exact) mass is 293 g/mol. The standard InChI is InChI=1S/C18H15NO3/c20-18(21)17-10-9-16(19-17)14-7-4-8-15(11-14)22-12-13-5-2-1-3-6-13/h1-11,19H,12H2,(H,20,21). The zero-order valence-electron chi connectivity index (χ0n) is 11.8. The fourth-order valence-electron chi connectivity index (χ4n) is 2.18. The SMILES string of the molecule is O=C(O)c1ccc(-c2cccc(OCc3ccccc3)c2)[nH]1. The number of ether oxygens (including phenoxy) is 1. The molecule has 0 aliphatic rings. The van der Waals surface area contributed by atoms with Gasteiger partial charge in [0.25, 0.3) is 0 Å². The molecule has 22 heavy (non-hydrogen) atoms. The van der Waals surface area contributed by atoms with E-state index in [2.05, 4.69) is 4.98 Å². The largest absolute Gasteiger partial charge is 0.489 e. The maximum Gasteiger partial charge on any atom is 0.352 e. The summed E-state index contributed by atoms with van der Waals surface area (Å²) in [6.07, 6.45) is 0. The molecule has 0 amide bonds. The van der Waals surface area contributed by atoms with Crippen LogP contribution in [0.3, 0.4) is 0 Å². The fourth-order valence-corrected chi connectivity index (χ4v) is 2.18. The van der Waals surface area contributed by atoms with Crippen molar-refractivity contribution in [3.8, 4) is 17.0 Å². The number of aromatic amines is 1. The van der Waals surface area contributed by atoms with E-state index in [-0.39, 0.29) is 5.69 Å². The first-order valence-electron chi connectivity index (χ1n) is 6.92. The fraction of sp³-hybridized carbons (Fsp3) is 0.0556. The van der Waals surface area contributed by atoms with Gasteiger partial charge in [-0.3, -0.25) is 0 Å². The third-order valence-electron chi connectivity index (χ3n) is 3.31. The van der Waals surface area contributed by atoms with E-state index >= 15 is 0 Å². The van der Waals surface area contributed by atoms with Gasteiger partial charge in [-0.15, -0.1) is 0 Å². The van der Waals surface area contributed by atoms with Gasteiger partial charge >= 0.3 is 5.97 Å². The van der Waals surface area contributed by atoms with Crippen LogP contribution in [0.4, 0.5) is 0 Å². The number of hydrogen-bond acceptors (Lipinski definition) is 2. The maximum absolute atomic E-state index is 10.9. The molecular weight excluding hydrogens is 278 g/mol. The highest BCUT2D eigenvalue weighted by Gasteiger charge is 2.07. The van der Waals surface area contributed by atoms with Crippen molar-refractivity contribution in [2.75, 3.05) is 0 Å². The maximum atomic E-state index is 10.9. The first-order valence-corrected chi connectivity index (χ1v) is 6.92. The van der Waals surface area contributed by atoms with Gasteiger partial charge in [0.05, 0.1) is 0 Å². The molecule has 110 valence electrons. The summed E-state index contributed by atoms with van der Waals surface area (Å²) >= 11 is 0. The molecule has 0 bridgehead atoms. The van der Waals surface area contributed by atoms with Crippen LogP contribution in [-0.4, -0.2) is 16.1 Å². The quantitative estimate of drug-likeness (QED) is 0.748. The van der Waals surface area contributed by atoms with Gasteiger partial charge in [-0.05, 0) is 29.8 Å². The molecule has 0 aliphatic heterocycles. The van der Waals surface area contributed by atoms with Crippen LogP contribution in [0.15, 0.2) is 66.7 Å². The lowest BCUT2D eigenvalue weighted by molar-refractivity contribution is 0.0691. The Bertz CT molecular complexity index is 778. The van der Waals surface area contributed by atoms with Crippen LogP contribution in [0.1, 0.15) is 16.1 Å². The predicted molar refractivity (Wildman–Crippen MR) is 84.0 cm³/mol. The van der Waals surface area contributed by atoms with Crippen LogP contribution in [0.5, 0.6) is 5.75 Å². The van der Waals surface area contributed by atoms with Gasteiger partial charge in [0.1, 0.15) is 18.1 Å². The van der Waals surface area contributed by atoms with Crippen molar-refractivity contribution in [3.05, 3.63) is 78.0 Å². The minimum atomic E-state index is -0.970. The molecule has 0 saturated carbocycles. The number of rotatable bonds is 5. The predicted octanol–water partition coefficient (Wildman–Crippen LogP) is 3.96. The smallest absolute Gasteiger partial charge is 0.352 e. The summed E-state index contributed by atoms with van der Waals surface area (Å²) in [4.78, 5) is 13.8. The number of nitrogens with one attached hydrogen (secondary N) is 1. The Hall–Kier alpha value is -3.01. The molecule has 0 fully saturated rings. The van der Waals surface area contributed by atoms with E-state index in [1.807, 2.05) is 54.6 Å². The molecule has 1 heterocycles. The number of carboxylic acids is 1. The van der Waals surface area contributed by atoms with Gasteiger partial charge in [-0.25, -0.2) is 4.79 Å². The molecule has 0 spiro atoms. The number of aromatic nitrogens is 1. The number of H-pyrrole nitrogens is 1. The minimum absolute atomic E-state index is 0.172. The van der Waals surface area contributed by atoms with Crippen LogP contribution in [-0.2, 0) is 6.61 Å². The van der Waals surface area contributed by atoms with Crippen molar-refractivity contribution in [2.45, 2.75) is 6.61 Å². The van der Waals surface area contributed by atoms with E-state index < -0.39 is 5.97 Å². The molecule has 0 atom stereocenters. The Morgan fingerprint density at radius 2 is 1.82 bits per heavy atom. The van der Waals surface area contributed by atoms with Crippen molar-refractivity contribution < 1.29 is 14.6 Å². The van der Waals surface area contributed by atoms with Crippen LogP contribution in [0.25, 0.3) is 11.3 Å². The Balaban J connectivity index is 1.75. The van der Waals surface area contributed by atoms with Gasteiger partial charge < -0.3 is 14.8 Å². The van der Waals surface area contributed by atoms with Crippen LogP contribution < -0.4 is 4.74 Å². The number of hydrogen-bond donors (Lipinski definition) is 2. The highest BCUT2D eigenvalue weighted by Crippen LogP contribution is 2.24. The Morgan fingerprint density at radius 3 is 2.55 bits per heavy atom. The third-order valence-corrected chi connectivity index (χ3v) is 3.31. The highest BCUT2D eigenvalue weighted by atomic mass is 16.5. The molecule has 2 aromatic carbocycles. The molecule has 4 nitrogen and oxygen atoms in total. The van der Waals surface area contributed by atoms with Crippen molar-refractivity contribution in [1.82, 2.24) is 4.98 Å². The van der Waals surface area contributed by atoms with Crippen molar-refractivity contribution in [3.63, 3.8) is 0 Å². The average molecular weight is 293 g/mol. The second kappa shape index (κ2) is 6.18. The van der Waals surface area contributed by atoms with Crippen molar-refractivity contribution >= 4 is 5.97 Å². The summed E-state index contributed by atoms with van der Waals surface area (Å²) in [6.45, 7) is 0.495. The van der Waals surface area contributed by atoms with Crippen molar-refractivity contribution in [2.24, 2.45) is 0 Å². The number of aromatic carboxylic acids is 1. The normalized spacial score (nSPS) is 10.4. The molecule has 3 aromatic rings. The van der Waals surface area contributed by atoms with E-state index in [1.54, 1.807) is 12.1 Å². The number of carbonyl (C=O) groups is 1. The summed E-state index contributed by atoms with van der Waals surface area (Å²) in [6, 6.07) is 20.8. The molecule has 2 N–H and O–H groups in total. The van der Waals surface area contributed by atoms with Crippen LogP contribution in [0.2, 0.25) is 0 Å². The molecule has 4 heteroatoms. The second-order valence-electron chi connectivity index (χ2n) is 4.89. The summed E-state index contributed by atoms with van der Waals surface area (Å²) in [5.41, 5.74) is 2.91. The molecule has 0 saturated heterocycles. The molecule has 3 rings (SSSR count). The van der Waals surface area contributed by atoms with E-state index in [1.165, 1.54) is 0 Å². The summed E-state index contributed by atoms with van der Waals surface area (Å²) in [7, 11) is 0. The van der Waals surface area contributed by atoms with Gasteiger partial charge in [-0.1, -0.05) is 42.5 Å². The Morgan fingerprint density at radius 1 is 1.00 bits per heavy atom. The Labute approximate surface area is 128 Å².